The fourth-order valence-corrected chi connectivity index (χ4v) is 1.99. The van der Waals surface area contributed by atoms with E-state index in [0.717, 1.165) is 19.3 Å². The lowest BCUT2D eigenvalue weighted by Crippen LogP contribution is -2.53. The highest BCUT2D eigenvalue weighted by molar-refractivity contribution is 5.80. The topological polar surface area (TPSA) is 47.6 Å². The summed E-state index contributed by atoms with van der Waals surface area (Å²) < 4.78 is 10.8. The molecule has 2 atom stereocenters. The van der Waals surface area contributed by atoms with E-state index in [1.165, 1.54) is 0 Å². The number of nitrogens with one attached hydrogen (secondary N) is 1. The zero-order valence-corrected chi connectivity index (χ0v) is 13.4. The fraction of sp³-hybridized carbons (Fsp3) is 0.933. The van der Waals surface area contributed by atoms with Crippen molar-refractivity contribution in [1.29, 1.82) is 0 Å². The molecule has 19 heavy (non-hydrogen) atoms. The first-order valence-electron chi connectivity index (χ1n) is 7.42. The second-order valence-electron chi connectivity index (χ2n) is 5.54. The van der Waals surface area contributed by atoms with Crippen LogP contribution in [0, 0.1) is 0 Å². The molecule has 114 valence electrons. The predicted molar refractivity (Wildman–Crippen MR) is 78.2 cm³/mol. The van der Waals surface area contributed by atoms with Gasteiger partial charge in [0.2, 0.25) is 0 Å². The van der Waals surface area contributed by atoms with E-state index < -0.39 is 5.54 Å². The summed E-state index contributed by atoms with van der Waals surface area (Å²) in [6.45, 7) is 13.1. The Bertz CT molecular complexity index is 256. The summed E-state index contributed by atoms with van der Waals surface area (Å²) in [4.78, 5) is 12.1. The number of esters is 1. The van der Waals surface area contributed by atoms with Crippen LogP contribution < -0.4 is 5.32 Å². The van der Waals surface area contributed by atoms with Gasteiger partial charge in [-0.15, -0.1) is 0 Å². The summed E-state index contributed by atoms with van der Waals surface area (Å²) in [7, 11) is 0. The highest BCUT2D eigenvalue weighted by Gasteiger charge is 2.34. The van der Waals surface area contributed by atoms with Gasteiger partial charge in [-0.2, -0.15) is 0 Å². The average molecular weight is 273 g/mol. The maximum atomic E-state index is 12.1. The van der Waals surface area contributed by atoms with E-state index in [0.29, 0.717) is 13.2 Å². The van der Waals surface area contributed by atoms with Gasteiger partial charge in [0.1, 0.15) is 5.54 Å². The third kappa shape index (κ3) is 7.53. The molecule has 0 aliphatic rings. The van der Waals surface area contributed by atoms with Crippen LogP contribution in [0.25, 0.3) is 0 Å². The molecule has 2 unspecified atom stereocenters. The van der Waals surface area contributed by atoms with Crippen LogP contribution in [0.4, 0.5) is 0 Å². The Morgan fingerprint density at radius 3 is 2.37 bits per heavy atom. The lowest BCUT2D eigenvalue weighted by atomic mass is 9.95. The molecule has 0 aromatic heterocycles. The number of ether oxygens (including phenoxy) is 2. The van der Waals surface area contributed by atoms with E-state index in [4.69, 9.17) is 9.47 Å². The summed E-state index contributed by atoms with van der Waals surface area (Å²) >= 11 is 0. The monoisotopic (exact) mass is 273 g/mol. The molecule has 4 heteroatoms. The predicted octanol–water partition coefficient (Wildman–Crippen LogP) is 2.90. The first-order valence-corrected chi connectivity index (χ1v) is 7.42. The van der Waals surface area contributed by atoms with E-state index in [9.17, 15) is 4.79 Å². The normalized spacial score (nSPS) is 16.2. The molecule has 0 fully saturated rings. The Morgan fingerprint density at radius 2 is 1.89 bits per heavy atom. The van der Waals surface area contributed by atoms with Gasteiger partial charge < -0.3 is 9.47 Å². The average Bonchev–Trinajstić information content (AvgIpc) is 2.33. The number of carbonyl (C=O) groups excluding carboxylic acids is 1. The van der Waals surface area contributed by atoms with E-state index in [1.807, 2.05) is 27.7 Å². The third-order valence-electron chi connectivity index (χ3n) is 3.13. The van der Waals surface area contributed by atoms with Gasteiger partial charge in [-0.3, -0.25) is 10.1 Å². The van der Waals surface area contributed by atoms with Crippen LogP contribution in [-0.2, 0) is 14.3 Å². The minimum absolute atomic E-state index is 0.174. The molecule has 0 radical (unpaired) electrons. The van der Waals surface area contributed by atoms with Crippen molar-refractivity contribution in [2.75, 3.05) is 13.2 Å². The summed E-state index contributed by atoms with van der Waals surface area (Å²) in [6, 6.07) is 0.241. The summed E-state index contributed by atoms with van der Waals surface area (Å²) in [6.07, 6.45) is 2.87. The SMILES string of the molecule is CCOC(=O)C(C)(CCCOC(C)CC)NC(C)C. The van der Waals surface area contributed by atoms with Crippen molar-refractivity contribution in [1.82, 2.24) is 5.32 Å². The van der Waals surface area contributed by atoms with Crippen molar-refractivity contribution in [2.45, 2.75) is 78.5 Å². The van der Waals surface area contributed by atoms with Gasteiger partial charge in [0, 0.05) is 12.6 Å². The molecular formula is C15H31NO3. The van der Waals surface area contributed by atoms with Crippen molar-refractivity contribution in [2.24, 2.45) is 0 Å². The maximum Gasteiger partial charge on any atom is 0.326 e. The van der Waals surface area contributed by atoms with Crippen molar-refractivity contribution < 1.29 is 14.3 Å². The maximum absolute atomic E-state index is 12.1. The van der Waals surface area contributed by atoms with Gasteiger partial charge in [-0.05, 0) is 53.9 Å². The van der Waals surface area contributed by atoms with Gasteiger partial charge in [0.05, 0.1) is 12.7 Å². The van der Waals surface area contributed by atoms with Crippen LogP contribution >= 0.6 is 0 Å². The largest absolute Gasteiger partial charge is 0.465 e. The molecule has 4 nitrogen and oxygen atoms in total. The van der Waals surface area contributed by atoms with Gasteiger partial charge in [-0.1, -0.05) is 6.92 Å². The molecule has 0 saturated heterocycles. The quantitative estimate of drug-likeness (QED) is 0.491. The highest BCUT2D eigenvalue weighted by Crippen LogP contribution is 2.16. The van der Waals surface area contributed by atoms with Crippen molar-refractivity contribution in [3.8, 4) is 0 Å². The number of carbonyl (C=O) groups is 1. The summed E-state index contributed by atoms with van der Waals surface area (Å²) in [5, 5.41) is 3.31. The third-order valence-corrected chi connectivity index (χ3v) is 3.13. The Labute approximate surface area is 118 Å². The first-order chi connectivity index (χ1) is 8.85. The summed E-state index contributed by atoms with van der Waals surface area (Å²) in [5.74, 6) is -0.174. The standard InChI is InChI=1S/C15H31NO3/c1-7-13(5)19-11-9-10-15(6,16-12(3)4)14(17)18-8-2/h12-13,16H,7-11H2,1-6H3. The molecule has 0 aliphatic carbocycles. The van der Waals surface area contributed by atoms with Gasteiger partial charge in [0.15, 0.2) is 0 Å². The zero-order valence-electron chi connectivity index (χ0n) is 13.4. The van der Waals surface area contributed by atoms with Crippen LogP contribution in [-0.4, -0.2) is 36.9 Å². The van der Waals surface area contributed by atoms with Gasteiger partial charge in [0.25, 0.3) is 0 Å². The fourth-order valence-electron chi connectivity index (χ4n) is 1.99. The molecule has 0 saturated carbocycles. The van der Waals surface area contributed by atoms with Crippen LogP contribution in [0.15, 0.2) is 0 Å². The lowest BCUT2D eigenvalue weighted by molar-refractivity contribution is -0.151. The molecule has 0 spiro atoms. The first kappa shape index (κ1) is 18.4. The second-order valence-corrected chi connectivity index (χ2v) is 5.54. The molecular weight excluding hydrogens is 242 g/mol. The van der Waals surface area contributed by atoms with Crippen molar-refractivity contribution in [3.05, 3.63) is 0 Å². The molecule has 0 rings (SSSR count). The van der Waals surface area contributed by atoms with E-state index >= 15 is 0 Å². The van der Waals surface area contributed by atoms with Crippen molar-refractivity contribution >= 4 is 5.97 Å². The second kappa shape index (κ2) is 9.32. The Balaban J connectivity index is 4.31. The van der Waals surface area contributed by atoms with Gasteiger partial charge >= 0.3 is 5.97 Å². The Hall–Kier alpha value is -0.610. The van der Waals surface area contributed by atoms with E-state index in [1.54, 1.807) is 0 Å². The smallest absolute Gasteiger partial charge is 0.326 e. The molecule has 0 aromatic rings. The summed E-state index contributed by atoms with van der Waals surface area (Å²) in [5.41, 5.74) is -0.622. The van der Waals surface area contributed by atoms with Gasteiger partial charge in [-0.25, -0.2) is 0 Å². The molecule has 0 bridgehead atoms. The zero-order chi connectivity index (χ0) is 14.9. The van der Waals surface area contributed by atoms with Crippen molar-refractivity contribution in [3.63, 3.8) is 0 Å². The lowest BCUT2D eigenvalue weighted by Gasteiger charge is -2.30. The molecule has 0 amide bonds. The Morgan fingerprint density at radius 1 is 1.26 bits per heavy atom. The number of hydrogen-bond donors (Lipinski definition) is 1. The molecule has 1 N–H and O–H groups in total. The molecule has 0 aliphatic heterocycles. The van der Waals surface area contributed by atoms with E-state index in [-0.39, 0.29) is 18.1 Å². The molecule has 0 aromatic carbocycles. The van der Waals surface area contributed by atoms with Crippen LogP contribution in [0.2, 0.25) is 0 Å². The van der Waals surface area contributed by atoms with Crippen LogP contribution in [0.1, 0.15) is 60.8 Å². The van der Waals surface area contributed by atoms with E-state index in [2.05, 4.69) is 19.2 Å². The Kier molecular flexibility index (Phi) is 9.02. The minimum Gasteiger partial charge on any atom is -0.465 e. The molecule has 0 heterocycles. The number of rotatable bonds is 10. The minimum atomic E-state index is -0.622. The number of hydrogen-bond acceptors (Lipinski definition) is 4. The van der Waals surface area contributed by atoms with Crippen LogP contribution in [0.5, 0.6) is 0 Å². The highest BCUT2D eigenvalue weighted by atomic mass is 16.5. The van der Waals surface area contributed by atoms with Crippen LogP contribution in [0.3, 0.4) is 0 Å².